The fraction of sp³-hybridized carbons (Fsp3) is 0.0909. The number of hydrogen-bond donors (Lipinski definition) is 1. The van der Waals surface area contributed by atoms with E-state index in [1.165, 1.54) is 11.3 Å². The van der Waals surface area contributed by atoms with E-state index in [0.717, 1.165) is 4.47 Å². The number of rotatable bonds is 3. The van der Waals surface area contributed by atoms with E-state index in [0.29, 0.717) is 16.3 Å². The van der Waals surface area contributed by atoms with E-state index in [-0.39, 0.29) is 5.91 Å². The minimum absolute atomic E-state index is 0.162. The molecule has 4 nitrogen and oxygen atoms in total. The summed E-state index contributed by atoms with van der Waals surface area (Å²) < 4.78 is 5.78. The molecule has 0 aliphatic carbocycles. The number of pyridine rings is 1. The fourth-order valence-corrected chi connectivity index (χ4v) is 2.30. The Labute approximate surface area is 111 Å². The predicted molar refractivity (Wildman–Crippen MR) is 70.8 cm³/mol. The summed E-state index contributed by atoms with van der Waals surface area (Å²) in [5.74, 6) is 0.527. The van der Waals surface area contributed by atoms with Crippen LogP contribution >= 0.6 is 27.3 Å². The zero-order valence-electron chi connectivity index (χ0n) is 8.94. The molecule has 88 valence electrons. The van der Waals surface area contributed by atoms with Crippen molar-refractivity contribution in [3.63, 3.8) is 0 Å². The number of amides is 1. The number of carbonyl (C=O) groups excluding carboxylic acids is 1. The molecule has 0 aromatic carbocycles. The molecule has 1 amide bonds. The first-order valence-electron chi connectivity index (χ1n) is 4.74. The van der Waals surface area contributed by atoms with Crippen LogP contribution in [-0.2, 0) is 0 Å². The van der Waals surface area contributed by atoms with Crippen molar-refractivity contribution in [3.8, 4) is 5.75 Å². The highest BCUT2D eigenvalue weighted by Gasteiger charge is 2.11. The van der Waals surface area contributed by atoms with E-state index >= 15 is 0 Å². The molecule has 2 aromatic rings. The lowest BCUT2D eigenvalue weighted by Gasteiger charge is -2.04. The molecule has 0 unspecified atom stereocenters. The Kier molecular flexibility index (Phi) is 3.75. The molecular weight excluding hydrogens is 304 g/mol. The van der Waals surface area contributed by atoms with E-state index in [4.69, 9.17) is 4.74 Å². The Morgan fingerprint density at radius 3 is 3.06 bits per heavy atom. The number of aromatic nitrogens is 1. The van der Waals surface area contributed by atoms with Crippen molar-refractivity contribution in [2.45, 2.75) is 0 Å². The molecule has 1 N–H and O–H groups in total. The standard InChI is InChI=1S/C11H9BrN2O2S/c1-16-7-4-10(17-6-7)11(15)14-9-2-3-13-5-8(9)12/h2-6H,1H3,(H,13,14,15). The number of ether oxygens (including phenoxy) is 1. The SMILES string of the molecule is COc1csc(C(=O)Nc2ccncc2Br)c1. The van der Waals surface area contributed by atoms with Gasteiger partial charge in [-0.3, -0.25) is 9.78 Å². The molecule has 2 heterocycles. The molecule has 0 aliphatic heterocycles. The second-order valence-corrected chi connectivity index (χ2v) is 4.93. The summed E-state index contributed by atoms with van der Waals surface area (Å²) in [6, 6.07) is 3.43. The van der Waals surface area contributed by atoms with Crippen LogP contribution in [0, 0.1) is 0 Å². The molecule has 0 saturated carbocycles. The lowest BCUT2D eigenvalue weighted by Crippen LogP contribution is -2.10. The van der Waals surface area contributed by atoms with Crippen molar-refractivity contribution < 1.29 is 9.53 Å². The number of thiophene rings is 1. The van der Waals surface area contributed by atoms with E-state index in [2.05, 4.69) is 26.2 Å². The average Bonchev–Trinajstić information content (AvgIpc) is 2.81. The second kappa shape index (κ2) is 5.29. The van der Waals surface area contributed by atoms with Gasteiger partial charge >= 0.3 is 0 Å². The minimum Gasteiger partial charge on any atom is -0.496 e. The maximum atomic E-state index is 11.9. The van der Waals surface area contributed by atoms with E-state index in [1.807, 2.05) is 0 Å². The third kappa shape index (κ3) is 2.83. The lowest BCUT2D eigenvalue weighted by molar-refractivity contribution is 0.103. The minimum atomic E-state index is -0.162. The summed E-state index contributed by atoms with van der Waals surface area (Å²) in [7, 11) is 1.57. The van der Waals surface area contributed by atoms with Gasteiger partial charge in [0.2, 0.25) is 0 Å². The van der Waals surface area contributed by atoms with Crippen molar-refractivity contribution in [2.24, 2.45) is 0 Å². The van der Waals surface area contributed by atoms with Crippen LogP contribution in [0.3, 0.4) is 0 Å². The Morgan fingerprint density at radius 1 is 1.59 bits per heavy atom. The van der Waals surface area contributed by atoms with E-state index in [9.17, 15) is 4.79 Å². The quantitative estimate of drug-likeness (QED) is 0.947. The highest BCUT2D eigenvalue weighted by Crippen LogP contribution is 2.24. The summed E-state index contributed by atoms with van der Waals surface area (Å²) in [6.07, 6.45) is 3.25. The molecule has 0 saturated heterocycles. The summed E-state index contributed by atoms with van der Waals surface area (Å²) >= 11 is 4.66. The zero-order chi connectivity index (χ0) is 12.3. The normalized spacial score (nSPS) is 10.0. The molecule has 0 aliphatic rings. The summed E-state index contributed by atoms with van der Waals surface area (Å²) in [6.45, 7) is 0. The molecule has 0 radical (unpaired) electrons. The molecular formula is C11H9BrN2O2S. The zero-order valence-corrected chi connectivity index (χ0v) is 11.3. The van der Waals surface area contributed by atoms with Gasteiger partial charge in [-0.05, 0) is 22.0 Å². The van der Waals surface area contributed by atoms with Gasteiger partial charge in [0, 0.05) is 23.8 Å². The number of nitrogens with one attached hydrogen (secondary N) is 1. The van der Waals surface area contributed by atoms with E-state index < -0.39 is 0 Å². The van der Waals surface area contributed by atoms with Crippen LogP contribution in [0.1, 0.15) is 9.67 Å². The molecule has 0 fully saturated rings. The maximum absolute atomic E-state index is 11.9. The van der Waals surface area contributed by atoms with Crippen molar-refractivity contribution in [1.82, 2.24) is 4.98 Å². The first kappa shape index (κ1) is 12.1. The summed E-state index contributed by atoms with van der Waals surface area (Å²) in [5.41, 5.74) is 0.692. The largest absolute Gasteiger partial charge is 0.496 e. The van der Waals surface area contributed by atoms with Gasteiger partial charge in [0.05, 0.1) is 22.1 Å². The number of carbonyl (C=O) groups is 1. The molecule has 0 atom stereocenters. The predicted octanol–water partition coefficient (Wildman–Crippen LogP) is 3.17. The van der Waals surface area contributed by atoms with Crippen LogP contribution in [0.5, 0.6) is 5.75 Å². The number of nitrogens with zero attached hydrogens (tertiary/aromatic N) is 1. The summed E-state index contributed by atoms with van der Waals surface area (Å²) in [4.78, 5) is 16.4. The van der Waals surface area contributed by atoms with Crippen LogP contribution in [-0.4, -0.2) is 18.0 Å². The van der Waals surface area contributed by atoms with Crippen LogP contribution in [0.15, 0.2) is 34.4 Å². The molecule has 17 heavy (non-hydrogen) atoms. The van der Waals surface area contributed by atoms with Gasteiger partial charge in [0.15, 0.2) is 0 Å². The van der Waals surface area contributed by atoms with Crippen molar-refractivity contribution >= 4 is 38.9 Å². The molecule has 0 spiro atoms. The van der Waals surface area contributed by atoms with Gasteiger partial charge < -0.3 is 10.1 Å². The number of methoxy groups -OCH3 is 1. The van der Waals surface area contributed by atoms with Gasteiger partial charge in [0.25, 0.3) is 5.91 Å². The Balaban J connectivity index is 2.14. The molecule has 6 heteroatoms. The fourth-order valence-electron chi connectivity index (χ4n) is 1.21. The third-order valence-corrected chi connectivity index (χ3v) is 3.59. The Bertz CT molecular complexity index is 542. The van der Waals surface area contributed by atoms with E-state index in [1.54, 1.807) is 37.0 Å². The van der Waals surface area contributed by atoms with Crippen molar-refractivity contribution in [3.05, 3.63) is 39.3 Å². The van der Waals surface area contributed by atoms with Crippen LogP contribution in [0.25, 0.3) is 0 Å². The van der Waals surface area contributed by atoms with Gasteiger partial charge in [-0.15, -0.1) is 11.3 Å². The van der Waals surface area contributed by atoms with Crippen molar-refractivity contribution in [1.29, 1.82) is 0 Å². The van der Waals surface area contributed by atoms with Crippen LogP contribution in [0.4, 0.5) is 5.69 Å². The highest BCUT2D eigenvalue weighted by atomic mass is 79.9. The molecule has 2 rings (SSSR count). The summed E-state index contributed by atoms with van der Waals surface area (Å²) in [5, 5.41) is 4.58. The number of anilines is 1. The Morgan fingerprint density at radius 2 is 2.41 bits per heavy atom. The Hall–Kier alpha value is -1.40. The highest BCUT2D eigenvalue weighted by molar-refractivity contribution is 9.10. The number of halogens is 1. The third-order valence-electron chi connectivity index (χ3n) is 2.06. The van der Waals surface area contributed by atoms with Gasteiger partial charge in [-0.25, -0.2) is 0 Å². The second-order valence-electron chi connectivity index (χ2n) is 3.16. The molecule has 2 aromatic heterocycles. The number of hydrogen-bond acceptors (Lipinski definition) is 4. The smallest absolute Gasteiger partial charge is 0.265 e. The maximum Gasteiger partial charge on any atom is 0.265 e. The van der Waals surface area contributed by atoms with Crippen molar-refractivity contribution in [2.75, 3.05) is 12.4 Å². The van der Waals surface area contributed by atoms with Crippen LogP contribution < -0.4 is 10.1 Å². The first-order chi connectivity index (χ1) is 8.20. The monoisotopic (exact) mass is 312 g/mol. The van der Waals surface area contributed by atoms with Gasteiger partial charge in [-0.1, -0.05) is 0 Å². The average molecular weight is 313 g/mol. The molecule has 0 bridgehead atoms. The first-order valence-corrected chi connectivity index (χ1v) is 6.41. The lowest BCUT2D eigenvalue weighted by atomic mass is 10.3. The van der Waals surface area contributed by atoms with Gasteiger partial charge in [-0.2, -0.15) is 0 Å². The van der Waals surface area contributed by atoms with Gasteiger partial charge in [0.1, 0.15) is 5.75 Å². The van der Waals surface area contributed by atoms with Crippen LogP contribution in [0.2, 0.25) is 0 Å². The topological polar surface area (TPSA) is 51.2 Å².